The van der Waals surface area contributed by atoms with Gasteiger partial charge < -0.3 is 14.2 Å². The van der Waals surface area contributed by atoms with Gasteiger partial charge in [-0.2, -0.15) is 0 Å². The summed E-state index contributed by atoms with van der Waals surface area (Å²) in [6.45, 7) is 1.60. The molecule has 0 unspecified atom stereocenters. The number of carbonyl (C=O) groups is 1. The molecule has 0 heterocycles. The van der Waals surface area contributed by atoms with Gasteiger partial charge >= 0.3 is 5.97 Å². The molecular formula is C18H16BrNO6. The van der Waals surface area contributed by atoms with Crippen molar-refractivity contribution >= 4 is 28.0 Å². The summed E-state index contributed by atoms with van der Waals surface area (Å²) >= 11 is 3.28. The van der Waals surface area contributed by atoms with Crippen LogP contribution in [0.5, 0.6) is 17.2 Å². The Kier molecular flexibility index (Phi) is 6.74. The molecule has 0 aliphatic carbocycles. The molecule has 136 valence electrons. The van der Waals surface area contributed by atoms with Crippen LogP contribution in [0.4, 0.5) is 0 Å². The number of esters is 1. The van der Waals surface area contributed by atoms with Crippen molar-refractivity contribution in [1.82, 2.24) is 0 Å². The first-order valence-corrected chi connectivity index (χ1v) is 8.28. The van der Waals surface area contributed by atoms with E-state index in [9.17, 15) is 14.9 Å². The first kappa shape index (κ1) is 19.5. The fourth-order valence-electron chi connectivity index (χ4n) is 2.08. The minimum Gasteiger partial charge on any atom is -0.493 e. The van der Waals surface area contributed by atoms with E-state index in [1.807, 2.05) is 25.1 Å². The summed E-state index contributed by atoms with van der Waals surface area (Å²) in [5, 5.41) is 10.4. The third-order valence-corrected chi connectivity index (χ3v) is 3.88. The Labute approximate surface area is 158 Å². The van der Waals surface area contributed by atoms with Gasteiger partial charge in [-0.05, 0) is 52.2 Å². The van der Waals surface area contributed by atoms with Gasteiger partial charge in [0, 0.05) is 6.08 Å². The maximum atomic E-state index is 12.1. The molecule has 0 aliphatic heterocycles. The molecule has 26 heavy (non-hydrogen) atoms. The van der Waals surface area contributed by atoms with Gasteiger partial charge in [0.2, 0.25) is 6.20 Å². The van der Waals surface area contributed by atoms with Crippen LogP contribution >= 0.6 is 15.9 Å². The maximum Gasteiger partial charge on any atom is 0.349 e. The molecule has 0 aliphatic rings. The number of methoxy groups -OCH3 is 1. The van der Waals surface area contributed by atoms with Crippen molar-refractivity contribution in [2.24, 2.45) is 0 Å². The standard InChI is InChI=1S/C18H16BrNO6/c1-12-5-3-4-6-15(12)25-11-17(21)26-18-14(19)9-13(7-8-20(22)23)10-16(18)24-2/h3-10H,11H2,1-2H3/b8-7+. The van der Waals surface area contributed by atoms with Crippen molar-refractivity contribution in [2.75, 3.05) is 13.7 Å². The van der Waals surface area contributed by atoms with Gasteiger partial charge in [-0.15, -0.1) is 0 Å². The zero-order valence-electron chi connectivity index (χ0n) is 14.1. The van der Waals surface area contributed by atoms with E-state index in [0.717, 1.165) is 11.8 Å². The van der Waals surface area contributed by atoms with Gasteiger partial charge in [-0.1, -0.05) is 18.2 Å². The summed E-state index contributed by atoms with van der Waals surface area (Å²) in [4.78, 5) is 21.9. The predicted octanol–water partition coefficient (Wildman–Crippen LogP) is 4.00. The van der Waals surface area contributed by atoms with E-state index in [1.165, 1.54) is 19.3 Å². The summed E-state index contributed by atoms with van der Waals surface area (Å²) < 4.78 is 16.4. The van der Waals surface area contributed by atoms with Crippen LogP contribution in [0.3, 0.4) is 0 Å². The van der Waals surface area contributed by atoms with E-state index < -0.39 is 10.9 Å². The average Bonchev–Trinajstić information content (AvgIpc) is 2.61. The number of para-hydroxylation sites is 1. The number of hydrogen-bond donors (Lipinski definition) is 0. The van der Waals surface area contributed by atoms with Gasteiger partial charge in [0.1, 0.15) is 5.75 Å². The van der Waals surface area contributed by atoms with Gasteiger partial charge in [-0.25, -0.2) is 4.79 Å². The Balaban J connectivity index is 2.11. The maximum absolute atomic E-state index is 12.1. The Morgan fingerprint density at radius 3 is 2.65 bits per heavy atom. The van der Waals surface area contributed by atoms with E-state index in [2.05, 4.69) is 15.9 Å². The largest absolute Gasteiger partial charge is 0.493 e. The second-order valence-corrected chi connectivity index (χ2v) is 6.02. The van der Waals surface area contributed by atoms with Crippen LogP contribution in [0.15, 0.2) is 47.1 Å². The summed E-state index contributed by atoms with van der Waals surface area (Å²) in [5.74, 6) is 0.410. The molecule has 0 fully saturated rings. The number of hydrogen-bond acceptors (Lipinski definition) is 6. The fourth-order valence-corrected chi connectivity index (χ4v) is 2.62. The van der Waals surface area contributed by atoms with Crippen LogP contribution in [0.1, 0.15) is 11.1 Å². The Hall–Kier alpha value is -2.87. The monoisotopic (exact) mass is 421 g/mol. The minimum atomic E-state index is -0.610. The summed E-state index contributed by atoms with van der Waals surface area (Å²) in [7, 11) is 1.41. The van der Waals surface area contributed by atoms with Gasteiger partial charge in [0.15, 0.2) is 18.1 Å². The molecule has 0 radical (unpaired) electrons. The van der Waals surface area contributed by atoms with Crippen molar-refractivity contribution in [2.45, 2.75) is 6.92 Å². The van der Waals surface area contributed by atoms with E-state index >= 15 is 0 Å². The summed E-state index contributed by atoms with van der Waals surface area (Å²) in [5.41, 5.74) is 1.42. The highest BCUT2D eigenvalue weighted by molar-refractivity contribution is 9.10. The molecule has 0 amide bonds. The van der Waals surface area contributed by atoms with Crippen molar-refractivity contribution < 1.29 is 23.9 Å². The Morgan fingerprint density at radius 2 is 2.00 bits per heavy atom. The van der Waals surface area contributed by atoms with E-state index in [1.54, 1.807) is 12.1 Å². The molecule has 0 N–H and O–H groups in total. The van der Waals surface area contributed by atoms with Crippen molar-refractivity contribution in [1.29, 1.82) is 0 Å². The molecule has 7 nitrogen and oxygen atoms in total. The first-order valence-electron chi connectivity index (χ1n) is 7.49. The number of aryl methyl sites for hydroxylation is 1. The summed E-state index contributed by atoms with van der Waals surface area (Å²) in [6.07, 6.45) is 2.11. The Morgan fingerprint density at radius 1 is 1.27 bits per heavy atom. The number of rotatable bonds is 7. The third-order valence-electron chi connectivity index (χ3n) is 3.30. The van der Waals surface area contributed by atoms with Crippen LogP contribution < -0.4 is 14.2 Å². The van der Waals surface area contributed by atoms with Crippen LogP contribution in [-0.4, -0.2) is 24.6 Å². The zero-order valence-corrected chi connectivity index (χ0v) is 15.7. The van der Waals surface area contributed by atoms with E-state index in [-0.39, 0.29) is 18.1 Å². The van der Waals surface area contributed by atoms with Crippen LogP contribution in [0.25, 0.3) is 6.08 Å². The SMILES string of the molecule is COc1cc(/C=C/[N+](=O)[O-])cc(Br)c1OC(=O)COc1ccccc1C. The molecule has 2 rings (SSSR count). The number of carbonyl (C=O) groups excluding carboxylic acids is 1. The van der Waals surface area contributed by atoms with Gasteiger partial charge in [0.05, 0.1) is 16.5 Å². The highest BCUT2D eigenvalue weighted by atomic mass is 79.9. The lowest BCUT2D eigenvalue weighted by Gasteiger charge is -2.13. The molecule has 0 bridgehead atoms. The molecule has 0 spiro atoms. The van der Waals surface area contributed by atoms with Crippen molar-refractivity contribution in [3.63, 3.8) is 0 Å². The first-order chi connectivity index (χ1) is 12.4. The normalized spacial score (nSPS) is 10.6. The van der Waals surface area contributed by atoms with E-state index in [0.29, 0.717) is 15.8 Å². The van der Waals surface area contributed by atoms with Gasteiger partial charge in [-0.3, -0.25) is 10.1 Å². The predicted molar refractivity (Wildman–Crippen MR) is 99.0 cm³/mol. The molecule has 0 atom stereocenters. The second-order valence-electron chi connectivity index (χ2n) is 5.16. The second kappa shape index (κ2) is 9.00. The van der Waals surface area contributed by atoms with E-state index in [4.69, 9.17) is 14.2 Å². The highest BCUT2D eigenvalue weighted by Crippen LogP contribution is 2.37. The van der Waals surface area contributed by atoms with Crippen LogP contribution in [0.2, 0.25) is 0 Å². The molecule has 2 aromatic rings. The molecular weight excluding hydrogens is 406 g/mol. The van der Waals surface area contributed by atoms with Crippen molar-refractivity contribution in [3.05, 3.63) is 68.3 Å². The van der Waals surface area contributed by atoms with Crippen LogP contribution in [0, 0.1) is 17.0 Å². The average molecular weight is 422 g/mol. The van der Waals surface area contributed by atoms with Gasteiger partial charge in [0.25, 0.3) is 0 Å². The molecule has 8 heteroatoms. The lowest BCUT2D eigenvalue weighted by molar-refractivity contribution is -0.400. The molecule has 0 saturated heterocycles. The molecule has 0 saturated carbocycles. The highest BCUT2D eigenvalue weighted by Gasteiger charge is 2.16. The number of nitrogens with zero attached hydrogens (tertiary/aromatic N) is 1. The van der Waals surface area contributed by atoms with Crippen LogP contribution in [-0.2, 0) is 4.79 Å². The lowest BCUT2D eigenvalue weighted by atomic mass is 10.2. The lowest BCUT2D eigenvalue weighted by Crippen LogP contribution is -2.18. The zero-order chi connectivity index (χ0) is 19.1. The third kappa shape index (κ3) is 5.32. The Bertz CT molecular complexity index is 850. The van der Waals surface area contributed by atoms with Crippen molar-refractivity contribution in [3.8, 4) is 17.2 Å². The summed E-state index contributed by atoms with van der Waals surface area (Å²) in [6, 6.07) is 10.4. The number of nitro groups is 1. The topological polar surface area (TPSA) is 87.9 Å². The number of benzene rings is 2. The number of ether oxygens (including phenoxy) is 3. The molecule has 0 aromatic heterocycles. The fraction of sp³-hybridized carbons (Fsp3) is 0.167. The smallest absolute Gasteiger partial charge is 0.349 e. The minimum absolute atomic E-state index is 0.170. The quantitative estimate of drug-likeness (QED) is 0.290. The molecule has 2 aromatic carbocycles. The number of halogens is 1.